The van der Waals surface area contributed by atoms with Crippen LogP contribution in [0.15, 0.2) is 29.2 Å². The number of hydrogen-bond acceptors (Lipinski definition) is 4. The highest BCUT2D eigenvalue weighted by Gasteiger charge is 2.43. The van der Waals surface area contributed by atoms with E-state index in [1.54, 1.807) is 24.0 Å². The maximum atomic E-state index is 12.8. The van der Waals surface area contributed by atoms with Crippen LogP contribution < -0.4 is 4.90 Å². The molecule has 2 fully saturated rings. The van der Waals surface area contributed by atoms with E-state index in [4.69, 9.17) is 0 Å². The number of sulfonamides is 1. The highest BCUT2D eigenvalue weighted by atomic mass is 32.2. The number of amides is 1. The molecule has 8 heteroatoms. The molecule has 2 saturated heterocycles. The lowest BCUT2D eigenvalue weighted by atomic mass is 10.2. The largest absolute Gasteiger partial charge is 0.480 e. The molecule has 0 unspecified atom stereocenters. The van der Waals surface area contributed by atoms with Crippen LogP contribution in [-0.4, -0.2) is 48.3 Å². The lowest BCUT2D eigenvalue weighted by molar-refractivity contribution is -0.140. The number of carboxylic acid groups (broad SMARTS) is 1. The highest BCUT2D eigenvalue weighted by Crippen LogP contribution is 2.32. The van der Waals surface area contributed by atoms with Crippen LogP contribution in [0.5, 0.6) is 0 Å². The summed E-state index contributed by atoms with van der Waals surface area (Å²) in [6.45, 7) is 2.35. The minimum Gasteiger partial charge on any atom is -0.480 e. The zero-order valence-corrected chi connectivity index (χ0v) is 14.2. The minimum absolute atomic E-state index is 0.0321. The summed E-state index contributed by atoms with van der Waals surface area (Å²) in [4.78, 5) is 24.8. The molecule has 7 nitrogen and oxygen atoms in total. The Morgan fingerprint density at radius 2 is 1.88 bits per heavy atom. The van der Waals surface area contributed by atoms with Gasteiger partial charge in [-0.25, -0.2) is 8.42 Å². The van der Waals surface area contributed by atoms with Crippen LogP contribution in [0.4, 0.5) is 5.69 Å². The Labute approximate surface area is 140 Å². The summed E-state index contributed by atoms with van der Waals surface area (Å²) in [5.41, 5.74) is 0.667. The smallest absolute Gasteiger partial charge is 0.322 e. The van der Waals surface area contributed by atoms with Gasteiger partial charge in [0.2, 0.25) is 15.9 Å². The van der Waals surface area contributed by atoms with Crippen LogP contribution >= 0.6 is 0 Å². The molecule has 0 aromatic heterocycles. The molecule has 2 atom stereocenters. The fraction of sp³-hybridized carbons (Fsp3) is 0.500. The second kappa shape index (κ2) is 6.18. The van der Waals surface area contributed by atoms with E-state index < -0.39 is 22.0 Å². The topological polar surface area (TPSA) is 95.0 Å². The van der Waals surface area contributed by atoms with Gasteiger partial charge in [0, 0.05) is 24.7 Å². The monoisotopic (exact) mass is 352 g/mol. The molecule has 0 bridgehead atoms. The Balaban J connectivity index is 1.89. The summed E-state index contributed by atoms with van der Waals surface area (Å²) in [5, 5.41) is 9.28. The summed E-state index contributed by atoms with van der Waals surface area (Å²) >= 11 is 0. The Bertz CT molecular complexity index is 759. The van der Waals surface area contributed by atoms with Crippen LogP contribution in [0.25, 0.3) is 0 Å². The second-order valence-electron chi connectivity index (χ2n) is 6.26. The Morgan fingerprint density at radius 3 is 2.42 bits per heavy atom. The average Bonchev–Trinajstić information content (AvgIpc) is 3.13. The van der Waals surface area contributed by atoms with Gasteiger partial charge in [-0.05, 0) is 50.5 Å². The van der Waals surface area contributed by atoms with Crippen molar-refractivity contribution in [3.05, 3.63) is 24.3 Å². The van der Waals surface area contributed by atoms with Gasteiger partial charge in [0.25, 0.3) is 0 Å². The maximum absolute atomic E-state index is 12.8. The normalized spacial score (nSPS) is 25.4. The van der Waals surface area contributed by atoms with Gasteiger partial charge < -0.3 is 10.0 Å². The lowest BCUT2D eigenvalue weighted by Crippen LogP contribution is -2.43. The van der Waals surface area contributed by atoms with E-state index in [9.17, 15) is 23.1 Å². The maximum Gasteiger partial charge on any atom is 0.322 e. The number of nitrogens with zero attached hydrogens (tertiary/aromatic N) is 2. The van der Waals surface area contributed by atoms with Crippen molar-refractivity contribution < 1.29 is 23.1 Å². The molecule has 24 heavy (non-hydrogen) atoms. The number of carboxylic acids is 1. The van der Waals surface area contributed by atoms with Crippen molar-refractivity contribution in [1.82, 2.24) is 4.31 Å². The second-order valence-corrected chi connectivity index (χ2v) is 8.10. The minimum atomic E-state index is -3.89. The predicted octanol–water partition coefficient (Wildman–Crippen LogP) is 1.44. The quantitative estimate of drug-likeness (QED) is 0.885. The molecule has 2 aliphatic heterocycles. The summed E-state index contributed by atoms with van der Waals surface area (Å²) in [6, 6.07) is 4.72. The van der Waals surface area contributed by atoms with Crippen molar-refractivity contribution in [1.29, 1.82) is 0 Å². The van der Waals surface area contributed by atoms with Crippen LogP contribution in [-0.2, 0) is 19.6 Å². The summed E-state index contributed by atoms with van der Waals surface area (Å²) in [7, 11) is -3.89. The van der Waals surface area contributed by atoms with Gasteiger partial charge in [-0.3, -0.25) is 9.59 Å². The molecule has 2 aliphatic rings. The highest BCUT2D eigenvalue weighted by molar-refractivity contribution is 7.89. The number of anilines is 1. The summed E-state index contributed by atoms with van der Waals surface area (Å²) < 4.78 is 26.8. The van der Waals surface area contributed by atoms with Crippen LogP contribution in [0.2, 0.25) is 0 Å². The first-order chi connectivity index (χ1) is 11.3. The molecular formula is C16H20N2O5S. The van der Waals surface area contributed by atoms with Crippen LogP contribution in [0.1, 0.15) is 32.6 Å². The van der Waals surface area contributed by atoms with E-state index in [0.29, 0.717) is 31.5 Å². The molecule has 1 aromatic rings. The lowest BCUT2D eigenvalue weighted by Gasteiger charge is -2.25. The molecule has 0 aliphatic carbocycles. The third-order valence-electron chi connectivity index (χ3n) is 4.68. The standard InChI is InChI=1S/C16H20N2O5S/c1-11-4-9-14(16(20)21)18(11)24(22,23)13-7-5-12(6-8-13)17-10-2-3-15(17)19/h5-8,11,14H,2-4,9-10H2,1H3,(H,20,21)/t11-,14-/m1/s1. The van der Waals surface area contributed by atoms with Gasteiger partial charge in [-0.2, -0.15) is 4.31 Å². The first-order valence-corrected chi connectivity index (χ1v) is 9.43. The van der Waals surface area contributed by atoms with E-state index in [1.807, 2.05) is 0 Å². The van der Waals surface area contributed by atoms with Crippen LogP contribution in [0.3, 0.4) is 0 Å². The number of aliphatic carboxylic acids is 1. The molecule has 130 valence electrons. The molecular weight excluding hydrogens is 332 g/mol. The fourth-order valence-corrected chi connectivity index (χ4v) is 5.27. The van der Waals surface area contributed by atoms with Gasteiger partial charge >= 0.3 is 5.97 Å². The Hall–Kier alpha value is -1.93. The SMILES string of the molecule is C[C@@H]1CC[C@H](C(=O)O)N1S(=O)(=O)c1ccc(N2CCCC2=O)cc1. The predicted molar refractivity (Wildman–Crippen MR) is 87.2 cm³/mol. The first-order valence-electron chi connectivity index (χ1n) is 7.99. The molecule has 0 radical (unpaired) electrons. The molecule has 1 amide bonds. The van der Waals surface area contributed by atoms with E-state index in [0.717, 1.165) is 10.7 Å². The van der Waals surface area contributed by atoms with Crippen molar-refractivity contribution in [2.75, 3.05) is 11.4 Å². The number of carbonyl (C=O) groups excluding carboxylic acids is 1. The van der Waals surface area contributed by atoms with Crippen molar-refractivity contribution >= 4 is 27.6 Å². The number of carbonyl (C=O) groups is 2. The van der Waals surface area contributed by atoms with Gasteiger partial charge in [-0.15, -0.1) is 0 Å². The molecule has 0 saturated carbocycles. The zero-order valence-electron chi connectivity index (χ0n) is 13.4. The van der Waals surface area contributed by atoms with E-state index >= 15 is 0 Å². The fourth-order valence-electron chi connectivity index (χ4n) is 3.44. The third-order valence-corrected chi connectivity index (χ3v) is 6.72. The van der Waals surface area contributed by atoms with Crippen LogP contribution in [0, 0.1) is 0 Å². The molecule has 0 spiro atoms. The number of hydrogen-bond donors (Lipinski definition) is 1. The third kappa shape index (κ3) is 2.80. The van der Waals surface area contributed by atoms with Gasteiger partial charge in [0.05, 0.1) is 4.90 Å². The van der Waals surface area contributed by atoms with Crippen molar-refractivity contribution in [3.63, 3.8) is 0 Å². The number of rotatable bonds is 4. The Kier molecular flexibility index (Phi) is 4.35. The summed E-state index contributed by atoms with van der Waals surface area (Å²) in [6.07, 6.45) is 2.14. The molecule has 3 rings (SSSR count). The average molecular weight is 352 g/mol. The summed E-state index contributed by atoms with van der Waals surface area (Å²) in [5.74, 6) is -1.09. The van der Waals surface area contributed by atoms with Crippen molar-refractivity contribution in [2.24, 2.45) is 0 Å². The van der Waals surface area contributed by atoms with Crippen molar-refractivity contribution in [3.8, 4) is 0 Å². The zero-order chi connectivity index (χ0) is 17.5. The molecule has 2 heterocycles. The van der Waals surface area contributed by atoms with Gasteiger partial charge in [0.1, 0.15) is 6.04 Å². The number of benzene rings is 1. The van der Waals surface area contributed by atoms with Gasteiger partial charge in [0.15, 0.2) is 0 Å². The first kappa shape index (κ1) is 16.9. The van der Waals surface area contributed by atoms with Gasteiger partial charge in [-0.1, -0.05) is 0 Å². The van der Waals surface area contributed by atoms with E-state index in [-0.39, 0.29) is 16.8 Å². The molecule has 1 N–H and O–H groups in total. The van der Waals surface area contributed by atoms with Crippen molar-refractivity contribution in [2.45, 2.75) is 49.6 Å². The van der Waals surface area contributed by atoms with E-state index in [2.05, 4.69) is 0 Å². The molecule has 1 aromatic carbocycles. The Morgan fingerprint density at radius 1 is 1.21 bits per heavy atom. The van der Waals surface area contributed by atoms with E-state index in [1.165, 1.54) is 12.1 Å².